The molecule has 0 radical (unpaired) electrons. The summed E-state index contributed by atoms with van der Waals surface area (Å²) in [5.41, 5.74) is 0. The molecule has 1 aromatic rings. The largest absolute Gasteiger partial charge is 0.352 e. The Labute approximate surface area is 107 Å². The van der Waals surface area contributed by atoms with E-state index in [2.05, 4.69) is 26.8 Å². The molecule has 96 valence electrons. The Morgan fingerprint density at radius 1 is 1.56 bits per heavy atom. The minimum Gasteiger partial charge on any atom is -0.352 e. The molecule has 5 heteroatoms. The molecule has 2 heterocycles. The van der Waals surface area contributed by atoms with Gasteiger partial charge < -0.3 is 10.2 Å². The summed E-state index contributed by atoms with van der Waals surface area (Å²) in [6.07, 6.45) is 7.05. The Bertz CT molecular complexity index is 407. The van der Waals surface area contributed by atoms with Crippen LogP contribution in [0.3, 0.4) is 0 Å². The van der Waals surface area contributed by atoms with E-state index in [0.717, 1.165) is 31.9 Å². The summed E-state index contributed by atoms with van der Waals surface area (Å²) in [4.78, 5) is 21.8. The number of carbonyl (C=O) groups excluding carboxylic acids is 1. The molecule has 1 amide bonds. The lowest BCUT2D eigenvalue weighted by Crippen LogP contribution is -2.41. The second kappa shape index (κ2) is 6.14. The van der Waals surface area contributed by atoms with Crippen molar-refractivity contribution in [3.05, 3.63) is 31.1 Å². The summed E-state index contributed by atoms with van der Waals surface area (Å²) < 4.78 is 0. The van der Waals surface area contributed by atoms with Crippen molar-refractivity contribution in [3.63, 3.8) is 0 Å². The summed E-state index contributed by atoms with van der Waals surface area (Å²) in [6.45, 7) is 6.01. The van der Waals surface area contributed by atoms with Gasteiger partial charge in [-0.05, 0) is 30.9 Å². The maximum absolute atomic E-state index is 11.1. The van der Waals surface area contributed by atoms with Crippen LogP contribution in [-0.2, 0) is 4.79 Å². The van der Waals surface area contributed by atoms with Gasteiger partial charge >= 0.3 is 0 Å². The lowest BCUT2D eigenvalue weighted by Gasteiger charge is -2.32. The predicted octanol–water partition coefficient (Wildman–Crippen LogP) is 0.995. The zero-order chi connectivity index (χ0) is 12.8. The number of nitrogens with zero attached hydrogens (tertiary/aromatic N) is 3. The molecule has 1 saturated heterocycles. The molecule has 5 nitrogen and oxygen atoms in total. The number of aromatic nitrogens is 2. The van der Waals surface area contributed by atoms with Gasteiger partial charge in [0.15, 0.2) is 0 Å². The number of anilines is 1. The van der Waals surface area contributed by atoms with Crippen molar-refractivity contribution in [1.82, 2.24) is 15.3 Å². The molecule has 1 aliphatic heterocycles. The zero-order valence-electron chi connectivity index (χ0n) is 10.4. The van der Waals surface area contributed by atoms with E-state index in [1.165, 1.54) is 6.08 Å². The maximum atomic E-state index is 11.1. The van der Waals surface area contributed by atoms with E-state index in [1.54, 1.807) is 12.4 Å². The minimum absolute atomic E-state index is 0.108. The highest BCUT2D eigenvalue weighted by molar-refractivity contribution is 5.86. The molecular formula is C13H18N4O. The molecule has 1 aromatic heterocycles. The topological polar surface area (TPSA) is 58.1 Å². The molecule has 1 fully saturated rings. The van der Waals surface area contributed by atoms with Crippen LogP contribution in [0.5, 0.6) is 0 Å². The first-order valence-electron chi connectivity index (χ1n) is 6.22. The Hall–Kier alpha value is -1.91. The molecule has 18 heavy (non-hydrogen) atoms. The van der Waals surface area contributed by atoms with E-state index in [4.69, 9.17) is 0 Å². The number of amides is 1. The normalized spacial score (nSPS) is 19.3. The summed E-state index contributed by atoms with van der Waals surface area (Å²) >= 11 is 0. The van der Waals surface area contributed by atoms with Crippen LogP contribution in [0.4, 0.5) is 5.95 Å². The molecule has 1 atom stereocenters. The molecule has 2 rings (SSSR count). The van der Waals surface area contributed by atoms with Gasteiger partial charge in [-0.3, -0.25) is 4.79 Å². The standard InChI is InChI=1S/C13H18N4O/c1-2-12(18)16-9-11-5-3-8-17(10-11)13-14-6-4-7-15-13/h2,4,6-7,11H,1,3,5,8-10H2,(H,16,18). The first kappa shape index (κ1) is 12.5. The first-order valence-corrected chi connectivity index (χ1v) is 6.22. The van der Waals surface area contributed by atoms with Crippen LogP contribution in [-0.4, -0.2) is 35.5 Å². The highest BCUT2D eigenvalue weighted by Gasteiger charge is 2.21. The minimum atomic E-state index is -0.108. The van der Waals surface area contributed by atoms with Gasteiger partial charge in [-0.15, -0.1) is 0 Å². The van der Waals surface area contributed by atoms with Gasteiger partial charge in [0.25, 0.3) is 0 Å². The van der Waals surface area contributed by atoms with E-state index in [1.807, 2.05) is 6.07 Å². The highest BCUT2D eigenvalue weighted by atomic mass is 16.1. The van der Waals surface area contributed by atoms with Gasteiger partial charge in [0.1, 0.15) is 0 Å². The maximum Gasteiger partial charge on any atom is 0.243 e. The quantitative estimate of drug-likeness (QED) is 0.805. The number of hydrogen-bond acceptors (Lipinski definition) is 4. The van der Waals surface area contributed by atoms with Crippen LogP contribution in [0, 0.1) is 5.92 Å². The summed E-state index contributed by atoms with van der Waals surface area (Å²) in [5, 5.41) is 2.85. The van der Waals surface area contributed by atoms with E-state index in [9.17, 15) is 4.79 Å². The third kappa shape index (κ3) is 3.29. The summed E-state index contributed by atoms with van der Waals surface area (Å²) in [5.74, 6) is 1.12. The van der Waals surface area contributed by atoms with Crippen molar-refractivity contribution < 1.29 is 4.79 Å². The molecular weight excluding hydrogens is 228 g/mol. The molecule has 1 aliphatic rings. The van der Waals surface area contributed by atoms with E-state index in [-0.39, 0.29) is 5.91 Å². The fourth-order valence-corrected chi connectivity index (χ4v) is 2.18. The fourth-order valence-electron chi connectivity index (χ4n) is 2.18. The van der Waals surface area contributed by atoms with Crippen LogP contribution >= 0.6 is 0 Å². The van der Waals surface area contributed by atoms with Crippen LogP contribution in [0.25, 0.3) is 0 Å². The van der Waals surface area contributed by atoms with Crippen molar-refractivity contribution in [2.75, 3.05) is 24.5 Å². The van der Waals surface area contributed by atoms with E-state index < -0.39 is 0 Å². The van der Waals surface area contributed by atoms with E-state index >= 15 is 0 Å². The van der Waals surface area contributed by atoms with Gasteiger partial charge in [-0.1, -0.05) is 6.58 Å². The smallest absolute Gasteiger partial charge is 0.243 e. The van der Waals surface area contributed by atoms with Crippen LogP contribution in [0.1, 0.15) is 12.8 Å². The van der Waals surface area contributed by atoms with Crippen LogP contribution in [0.15, 0.2) is 31.1 Å². The molecule has 0 aromatic carbocycles. The summed E-state index contributed by atoms with van der Waals surface area (Å²) in [7, 11) is 0. The second-order valence-electron chi connectivity index (χ2n) is 4.45. The average Bonchev–Trinajstić information content (AvgIpc) is 2.46. The second-order valence-corrected chi connectivity index (χ2v) is 4.45. The first-order chi connectivity index (χ1) is 8.79. The van der Waals surface area contributed by atoms with Gasteiger partial charge in [-0.25, -0.2) is 9.97 Å². The molecule has 1 N–H and O–H groups in total. The number of hydrogen-bond donors (Lipinski definition) is 1. The predicted molar refractivity (Wildman–Crippen MR) is 70.2 cm³/mol. The molecule has 0 spiro atoms. The number of nitrogens with one attached hydrogen (secondary N) is 1. The molecule has 1 unspecified atom stereocenters. The average molecular weight is 246 g/mol. The Morgan fingerprint density at radius 3 is 3.06 bits per heavy atom. The SMILES string of the molecule is C=CC(=O)NCC1CCCN(c2ncccn2)C1. The highest BCUT2D eigenvalue weighted by Crippen LogP contribution is 2.19. The third-order valence-electron chi connectivity index (χ3n) is 3.10. The number of carbonyl (C=O) groups is 1. The lowest BCUT2D eigenvalue weighted by molar-refractivity contribution is -0.116. The van der Waals surface area contributed by atoms with Gasteiger partial charge in [0, 0.05) is 32.0 Å². The van der Waals surface area contributed by atoms with Crippen molar-refractivity contribution in [2.24, 2.45) is 5.92 Å². The Kier molecular flexibility index (Phi) is 4.28. The monoisotopic (exact) mass is 246 g/mol. The van der Waals surface area contributed by atoms with Crippen molar-refractivity contribution in [3.8, 4) is 0 Å². The molecule has 0 aliphatic carbocycles. The van der Waals surface area contributed by atoms with Crippen molar-refractivity contribution in [1.29, 1.82) is 0 Å². The van der Waals surface area contributed by atoms with Gasteiger partial charge in [0.2, 0.25) is 11.9 Å². The van der Waals surface area contributed by atoms with Crippen LogP contribution in [0.2, 0.25) is 0 Å². The van der Waals surface area contributed by atoms with Crippen molar-refractivity contribution in [2.45, 2.75) is 12.8 Å². The van der Waals surface area contributed by atoms with Crippen molar-refractivity contribution >= 4 is 11.9 Å². The zero-order valence-corrected chi connectivity index (χ0v) is 10.4. The van der Waals surface area contributed by atoms with Gasteiger partial charge in [-0.2, -0.15) is 0 Å². The Morgan fingerprint density at radius 2 is 2.33 bits per heavy atom. The van der Waals surface area contributed by atoms with Gasteiger partial charge in [0.05, 0.1) is 0 Å². The number of piperidine rings is 1. The third-order valence-corrected chi connectivity index (χ3v) is 3.10. The molecule has 0 saturated carbocycles. The lowest BCUT2D eigenvalue weighted by atomic mass is 9.98. The number of rotatable bonds is 4. The van der Waals surface area contributed by atoms with E-state index in [0.29, 0.717) is 12.5 Å². The van der Waals surface area contributed by atoms with Crippen LogP contribution < -0.4 is 10.2 Å². The Balaban J connectivity index is 1.89. The summed E-state index contributed by atoms with van der Waals surface area (Å²) in [6, 6.07) is 1.81. The molecule has 0 bridgehead atoms. The fraction of sp³-hybridized carbons (Fsp3) is 0.462.